The first-order chi connectivity index (χ1) is 12.8. The molecule has 0 amide bonds. The van der Waals surface area contributed by atoms with E-state index in [4.69, 9.17) is 4.74 Å². The first-order valence-electron chi connectivity index (χ1n) is 9.51. The summed E-state index contributed by atoms with van der Waals surface area (Å²) in [5.41, 5.74) is 2.25. The molecular weight excluding hydrogens is 324 g/mol. The standard InChI is InChI=1S/C22H30N2O2/c1-26-22(20-10-6-3-7-11-20)18-24-16-14-23(15-17-24)13-12-21(25)19-8-4-2-5-9-19/h2-11,21-22,25H,12-18H2,1H3/t21-,22-/m0/s1. The number of hydrogen-bond donors (Lipinski definition) is 1. The third-order valence-corrected chi connectivity index (χ3v) is 5.25. The first-order valence-corrected chi connectivity index (χ1v) is 9.51. The number of benzene rings is 2. The fourth-order valence-electron chi connectivity index (χ4n) is 3.56. The van der Waals surface area contributed by atoms with Crippen LogP contribution in [0.3, 0.4) is 0 Å². The zero-order valence-electron chi connectivity index (χ0n) is 15.6. The predicted octanol–water partition coefficient (Wildman–Crippen LogP) is 3.12. The summed E-state index contributed by atoms with van der Waals surface area (Å²) in [6.07, 6.45) is 0.544. The van der Waals surface area contributed by atoms with Crippen molar-refractivity contribution in [1.82, 2.24) is 9.80 Å². The topological polar surface area (TPSA) is 35.9 Å². The van der Waals surface area contributed by atoms with Crippen LogP contribution in [0.4, 0.5) is 0 Å². The minimum atomic E-state index is -0.370. The minimum absolute atomic E-state index is 0.127. The normalized spacial score (nSPS) is 18.5. The van der Waals surface area contributed by atoms with Crippen molar-refractivity contribution in [2.75, 3.05) is 46.4 Å². The van der Waals surface area contributed by atoms with E-state index in [9.17, 15) is 5.11 Å². The van der Waals surface area contributed by atoms with Gasteiger partial charge in [0.15, 0.2) is 0 Å². The number of aliphatic hydroxyl groups excluding tert-OH is 1. The number of aliphatic hydroxyl groups is 1. The van der Waals surface area contributed by atoms with E-state index in [2.05, 4.69) is 34.1 Å². The highest BCUT2D eigenvalue weighted by Crippen LogP contribution is 2.20. The molecule has 1 heterocycles. The lowest BCUT2D eigenvalue weighted by Gasteiger charge is -2.36. The van der Waals surface area contributed by atoms with Crippen LogP contribution in [0, 0.1) is 0 Å². The Hall–Kier alpha value is -1.72. The lowest BCUT2D eigenvalue weighted by Crippen LogP contribution is -2.47. The van der Waals surface area contributed by atoms with E-state index in [1.807, 2.05) is 36.4 Å². The van der Waals surface area contributed by atoms with Gasteiger partial charge in [0.25, 0.3) is 0 Å². The van der Waals surface area contributed by atoms with Crippen molar-refractivity contribution in [3.8, 4) is 0 Å². The Labute approximate surface area is 157 Å². The molecule has 0 radical (unpaired) electrons. The highest BCUT2D eigenvalue weighted by Gasteiger charge is 2.21. The number of methoxy groups -OCH3 is 1. The van der Waals surface area contributed by atoms with Crippen LogP contribution in [0.25, 0.3) is 0 Å². The summed E-state index contributed by atoms with van der Waals surface area (Å²) in [4.78, 5) is 4.93. The van der Waals surface area contributed by atoms with Gasteiger partial charge in [-0.2, -0.15) is 0 Å². The molecule has 1 aliphatic rings. The maximum atomic E-state index is 10.3. The van der Waals surface area contributed by atoms with Crippen molar-refractivity contribution in [1.29, 1.82) is 0 Å². The van der Waals surface area contributed by atoms with Crippen LogP contribution in [0.2, 0.25) is 0 Å². The lowest BCUT2D eigenvalue weighted by atomic mass is 10.1. The zero-order valence-corrected chi connectivity index (χ0v) is 15.6. The van der Waals surface area contributed by atoms with Gasteiger partial charge in [-0.25, -0.2) is 0 Å². The van der Waals surface area contributed by atoms with Gasteiger partial charge in [0.2, 0.25) is 0 Å². The first kappa shape index (κ1) is 19.1. The second-order valence-corrected chi connectivity index (χ2v) is 6.99. The molecule has 4 nitrogen and oxygen atoms in total. The van der Waals surface area contributed by atoms with Crippen LogP contribution < -0.4 is 0 Å². The summed E-state index contributed by atoms with van der Waals surface area (Å²) >= 11 is 0. The smallest absolute Gasteiger partial charge is 0.0947 e. The Bertz CT molecular complexity index is 627. The van der Waals surface area contributed by atoms with Crippen LogP contribution in [0.15, 0.2) is 60.7 Å². The van der Waals surface area contributed by atoms with E-state index in [1.165, 1.54) is 5.56 Å². The second-order valence-electron chi connectivity index (χ2n) is 6.99. The molecule has 0 aromatic heterocycles. The fourth-order valence-corrected chi connectivity index (χ4v) is 3.56. The van der Waals surface area contributed by atoms with Gasteiger partial charge in [0, 0.05) is 46.4 Å². The Morgan fingerprint density at radius 1 is 0.846 bits per heavy atom. The van der Waals surface area contributed by atoms with Crippen LogP contribution in [0.1, 0.15) is 29.8 Å². The van der Waals surface area contributed by atoms with E-state index in [1.54, 1.807) is 7.11 Å². The molecule has 2 aromatic carbocycles. The van der Waals surface area contributed by atoms with Crippen molar-refractivity contribution in [3.63, 3.8) is 0 Å². The zero-order chi connectivity index (χ0) is 18.2. The van der Waals surface area contributed by atoms with Crippen LogP contribution in [0.5, 0.6) is 0 Å². The van der Waals surface area contributed by atoms with Crippen molar-refractivity contribution >= 4 is 0 Å². The number of piperazine rings is 1. The Balaban J connectivity index is 1.41. The lowest BCUT2D eigenvalue weighted by molar-refractivity contribution is 0.0387. The molecule has 0 saturated carbocycles. The molecule has 3 rings (SSSR count). The molecule has 26 heavy (non-hydrogen) atoms. The maximum absolute atomic E-state index is 10.3. The quantitative estimate of drug-likeness (QED) is 0.790. The summed E-state index contributed by atoms with van der Waals surface area (Å²) in [7, 11) is 1.79. The molecule has 140 valence electrons. The molecule has 0 aliphatic carbocycles. The summed E-state index contributed by atoms with van der Waals surface area (Å²) < 4.78 is 5.71. The Morgan fingerprint density at radius 3 is 1.96 bits per heavy atom. The molecule has 0 unspecified atom stereocenters. The Kier molecular flexibility index (Phi) is 7.21. The largest absolute Gasteiger partial charge is 0.388 e. The SMILES string of the molecule is CO[C@@H](CN1CCN(CC[C@H](O)c2ccccc2)CC1)c1ccccc1. The van der Waals surface area contributed by atoms with Gasteiger partial charge in [-0.15, -0.1) is 0 Å². The molecule has 2 atom stereocenters. The number of nitrogens with zero attached hydrogens (tertiary/aromatic N) is 2. The van der Waals surface area contributed by atoms with Crippen LogP contribution in [-0.4, -0.2) is 61.3 Å². The second kappa shape index (κ2) is 9.83. The summed E-state index contributed by atoms with van der Waals surface area (Å²) in [6.45, 7) is 6.07. The molecule has 1 fully saturated rings. The number of hydrogen-bond acceptors (Lipinski definition) is 4. The van der Waals surface area contributed by atoms with Crippen molar-refractivity contribution < 1.29 is 9.84 Å². The molecule has 1 saturated heterocycles. The predicted molar refractivity (Wildman–Crippen MR) is 105 cm³/mol. The molecule has 4 heteroatoms. The average Bonchev–Trinajstić information content (AvgIpc) is 2.72. The van der Waals surface area contributed by atoms with E-state index in [-0.39, 0.29) is 12.2 Å². The highest BCUT2D eigenvalue weighted by molar-refractivity contribution is 5.18. The summed E-state index contributed by atoms with van der Waals surface area (Å²) in [6, 6.07) is 20.4. The van der Waals surface area contributed by atoms with Gasteiger partial charge < -0.3 is 14.7 Å². The molecule has 2 aromatic rings. The van der Waals surface area contributed by atoms with Gasteiger partial charge in [-0.1, -0.05) is 60.7 Å². The van der Waals surface area contributed by atoms with E-state index >= 15 is 0 Å². The third kappa shape index (κ3) is 5.39. The Morgan fingerprint density at radius 2 is 1.38 bits per heavy atom. The highest BCUT2D eigenvalue weighted by atomic mass is 16.5. The molecule has 1 aliphatic heterocycles. The van der Waals surface area contributed by atoms with Gasteiger partial charge in [-0.05, 0) is 17.5 Å². The van der Waals surface area contributed by atoms with Gasteiger partial charge in [0.05, 0.1) is 12.2 Å². The van der Waals surface area contributed by atoms with Crippen molar-refractivity contribution in [2.45, 2.75) is 18.6 Å². The van der Waals surface area contributed by atoms with Crippen molar-refractivity contribution in [2.24, 2.45) is 0 Å². The van der Waals surface area contributed by atoms with E-state index < -0.39 is 0 Å². The van der Waals surface area contributed by atoms with E-state index in [0.29, 0.717) is 0 Å². The molecular formula is C22H30N2O2. The van der Waals surface area contributed by atoms with Gasteiger partial charge in [0.1, 0.15) is 0 Å². The molecule has 1 N–H and O–H groups in total. The average molecular weight is 354 g/mol. The van der Waals surface area contributed by atoms with E-state index in [0.717, 1.165) is 51.3 Å². The van der Waals surface area contributed by atoms with Gasteiger partial charge >= 0.3 is 0 Å². The number of ether oxygens (including phenoxy) is 1. The molecule has 0 bridgehead atoms. The summed E-state index contributed by atoms with van der Waals surface area (Å²) in [5, 5.41) is 10.3. The summed E-state index contributed by atoms with van der Waals surface area (Å²) in [5.74, 6) is 0. The maximum Gasteiger partial charge on any atom is 0.0947 e. The van der Waals surface area contributed by atoms with Gasteiger partial charge in [-0.3, -0.25) is 4.90 Å². The minimum Gasteiger partial charge on any atom is -0.388 e. The van der Waals surface area contributed by atoms with Crippen LogP contribution in [-0.2, 0) is 4.74 Å². The monoisotopic (exact) mass is 354 g/mol. The fraction of sp³-hybridized carbons (Fsp3) is 0.455. The van der Waals surface area contributed by atoms with Crippen LogP contribution >= 0.6 is 0 Å². The van der Waals surface area contributed by atoms with Crippen molar-refractivity contribution in [3.05, 3.63) is 71.8 Å². The third-order valence-electron chi connectivity index (χ3n) is 5.25. The number of rotatable bonds is 8. The molecule has 0 spiro atoms.